The fourth-order valence-corrected chi connectivity index (χ4v) is 3.48. The van der Waals surface area contributed by atoms with E-state index >= 15 is 0 Å². The second-order valence-electron chi connectivity index (χ2n) is 6.73. The highest BCUT2D eigenvalue weighted by atomic mass is 16.2. The summed E-state index contributed by atoms with van der Waals surface area (Å²) in [7, 11) is 4.11. The Balaban J connectivity index is 1.81. The second-order valence-corrected chi connectivity index (χ2v) is 6.73. The predicted octanol–water partition coefficient (Wildman–Crippen LogP) is 3.00. The highest BCUT2D eigenvalue weighted by Crippen LogP contribution is 2.35. The number of carbonyl (C=O) groups is 1. The van der Waals surface area contributed by atoms with Crippen LogP contribution in [0.25, 0.3) is 22.4 Å². The van der Waals surface area contributed by atoms with Crippen LogP contribution in [0.2, 0.25) is 0 Å². The van der Waals surface area contributed by atoms with E-state index in [1.54, 1.807) is 0 Å². The van der Waals surface area contributed by atoms with Gasteiger partial charge in [-0.3, -0.25) is 4.79 Å². The Morgan fingerprint density at radius 2 is 1.84 bits per heavy atom. The van der Waals surface area contributed by atoms with E-state index in [1.807, 2.05) is 51.9 Å². The van der Waals surface area contributed by atoms with Crippen LogP contribution in [0, 0.1) is 0 Å². The van der Waals surface area contributed by atoms with Gasteiger partial charge in [0.2, 0.25) is 5.91 Å². The van der Waals surface area contributed by atoms with Gasteiger partial charge in [-0.1, -0.05) is 24.3 Å². The summed E-state index contributed by atoms with van der Waals surface area (Å²) in [4.78, 5) is 21.9. The molecule has 0 saturated heterocycles. The molecule has 5 nitrogen and oxygen atoms in total. The van der Waals surface area contributed by atoms with Crippen molar-refractivity contribution >= 4 is 22.6 Å². The van der Waals surface area contributed by atoms with Crippen molar-refractivity contribution in [3.63, 3.8) is 0 Å². The molecule has 1 aliphatic rings. The number of fused-ring (bicyclic) bond motifs is 5. The summed E-state index contributed by atoms with van der Waals surface area (Å²) < 4.78 is 2.04. The SMILES string of the molecule is CN(C)CCCN1C(=O)Cn2c(nc3ccccc32)-c2ccccc21. The van der Waals surface area contributed by atoms with Crippen molar-refractivity contribution in [1.82, 2.24) is 14.5 Å². The number of carbonyl (C=O) groups excluding carboxylic acids is 1. The van der Waals surface area contributed by atoms with Crippen LogP contribution in [0.5, 0.6) is 0 Å². The van der Waals surface area contributed by atoms with Crippen molar-refractivity contribution in [3.05, 3.63) is 48.5 Å². The zero-order valence-electron chi connectivity index (χ0n) is 14.6. The van der Waals surface area contributed by atoms with Crippen LogP contribution < -0.4 is 4.90 Å². The molecule has 0 radical (unpaired) electrons. The Morgan fingerprint density at radius 3 is 2.68 bits per heavy atom. The average Bonchev–Trinajstić information content (AvgIpc) is 2.92. The van der Waals surface area contributed by atoms with Gasteiger partial charge in [0.1, 0.15) is 12.4 Å². The molecule has 0 unspecified atom stereocenters. The largest absolute Gasteiger partial charge is 0.314 e. The summed E-state index contributed by atoms with van der Waals surface area (Å²) in [5, 5.41) is 0. The van der Waals surface area contributed by atoms with E-state index in [0.29, 0.717) is 6.54 Å². The third kappa shape index (κ3) is 2.81. The van der Waals surface area contributed by atoms with Crippen LogP contribution in [-0.2, 0) is 11.3 Å². The highest BCUT2D eigenvalue weighted by Gasteiger charge is 2.27. The summed E-state index contributed by atoms with van der Waals surface area (Å²) in [5.74, 6) is 0.994. The Kier molecular flexibility index (Phi) is 4.01. The maximum atomic E-state index is 13.0. The molecule has 3 aromatic rings. The van der Waals surface area contributed by atoms with Gasteiger partial charge in [0.25, 0.3) is 0 Å². The Labute approximate surface area is 147 Å². The quantitative estimate of drug-likeness (QED) is 0.736. The molecule has 2 aromatic carbocycles. The molecule has 5 heteroatoms. The minimum Gasteiger partial charge on any atom is -0.314 e. The number of imidazole rings is 1. The summed E-state index contributed by atoms with van der Waals surface area (Å²) in [6, 6.07) is 16.1. The van der Waals surface area contributed by atoms with Crippen LogP contribution in [0.1, 0.15) is 6.42 Å². The molecule has 0 N–H and O–H groups in total. The van der Waals surface area contributed by atoms with Crippen LogP contribution in [0.15, 0.2) is 48.5 Å². The van der Waals surface area contributed by atoms with Crippen LogP contribution in [0.4, 0.5) is 5.69 Å². The van der Waals surface area contributed by atoms with Crippen LogP contribution in [-0.4, -0.2) is 47.5 Å². The molecule has 2 heterocycles. The van der Waals surface area contributed by atoms with E-state index in [9.17, 15) is 4.79 Å². The summed E-state index contributed by atoms with van der Waals surface area (Å²) >= 11 is 0. The third-order valence-corrected chi connectivity index (χ3v) is 4.67. The lowest BCUT2D eigenvalue weighted by Gasteiger charge is -2.23. The lowest BCUT2D eigenvalue weighted by Crippen LogP contribution is -2.34. The fourth-order valence-electron chi connectivity index (χ4n) is 3.48. The molecule has 0 spiro atoms. The summed E-state index contributed by atoms with van der Waals surface area (Å²) in [6.45, 7) is 2.00. The molecule has 1 amide bonds. The Morgan fingerprint density at radius 1 is 1.08 bits per heavy atom. The molecule has 0 saturated carbocycles. The number of rotatable bonds is 4. The first-order valence-electron chi connectivity index (χ1n) is 8.65. The molecule has 0 atom stereocenters. The van der Waals surface area contributed by atoms with Crippen molar-refractivity contribution in [2.75, 3.05) is 32.1 Å². The third-order valence-electron chi connectivity index (χ3n) is 4.67. The monoisotopic (exact) mass is 334 g/mol. The van der Waals surface area contributed by atoms with Crippen LogP contribution in [0.3, 0.4) is 0 Å². The second kappa shape index (κ2) is 6.33. The number of amides is 1. The van der Waals surface area contributed by atoms with Crippen LogP contribution >= 0.6 is 0 Å². The van der Waals surface area contributed by atoms with Crippen molar-refractivity contribution < 1.29 is 4.79 Å². The van der Waals surface area contributed by atoms with Crippen molar-refractivity contribution in [2.24, 2.45) is 0 Å². The van der Waals surface area contributed by atoms with Crippen molar-refractivity contribution in [1.29, 1.82) is 0 Å². The minimum absolute atomic E-state index is 0.119. The van der Waals surface area contributed by atoms with Gasteiger partial charge in [-0.15, -0.1) is 0 Å². The maximum Gasteiger partial charge on any atom is 0.247 e. The topological polar surface area (TPSA) is 41.4 Å². The standard InChI is InChI=1S/C20H22N4O/c1-22(2)12-7-13-23-17-10-5-3-8-15(17)20-21-16-9-4-6-11-18(16)24(20)14-19(23)25/h3-6,8-11H,7,12-14H2,1-2H3. The van der Waals surface area contributed by atoms with E-state index in [4.69, 9.17) is 4.98 Å². The summed E-state index contributed by atoms with van der Waals surface area (Å²) in [5.41, 5.74) is 3.92. The van der Waals surface area contributed by atoms with Gasteiger partial charge in [-0.25, -0.2) is 4.98 Å². The van der Waals surface area contributed by atoms with Gasteiger partial charge in [-0.2, -0.15) is 0 Å². The number of hydrogen-bond acceptors (Lipinski definition) is 3. The van der Waals surface area contributed by atoms with Gasteiger partial charge < -0.3 is 14.4 Å². The zero-order valence-corrected chi connectivity index (χ0v) is 14.6. The molecule has 0 fully saturated rings. The van der Waals surface area contributed by atoms with Crippen molar-refractivity contribution in [3.8, 4) is 11.4 Å². The molecule has 0 aliphatic carbocycles. The maximum absolute atomic E-state index is 13.0. The normalized spacial score (nSPS) is 13.9. The Bertz CT molecular complexity index is 928. The molecule has 0 bridgehead atoms. The minimum atomic E-state index is 0.119. The van der Waals surface area contributed by atoms with Gasteiger partial charge in [0, 0.05) is 12.1 Å². The lowest BCUT2D eigenvalue weighted by molar-refractivity contribution is -0.119. The zero-order chi connectivity index (χ0) is 17.4. The highest BCUT2D eigenvalue weighted by molar-refractivity contribution is 6.00. The smallest absolute Gasteiger partial charge is 0.247 e. The molecule has 4 rings (SSSR count). The van der Waals surface area contributed by atoms with E-state index < -0.39 is 0 Å². The number of hydrogen-bond donors (Lipinski definition) is 0. The molecule has 25 heavy (non-hydrogen) atoms. The summed E-state index contributed by atoms with van der Waals surface area (Å²) in [6.07, 6.45) is 0.941. The van der Waals surface area contributed by atoms with E-state index in [2.05, 4.69) is 25.1 Å². The van der Waals surface area contributed by atoms with Gasteiger partial charge >= 0.3 is 0 Å². The molecule has 1 aromatic heterocycles. The average molecular weight is 334 g/mol. The fraction of sp³-hybridized carbons (Fsp3) is 0.300. The first-order chi connectivity index (χ1) is 12.1. The first kappa shape index (κ1) is 15.8. The number of para-hydroxylation sites is 3. The molecular formula is C20H22N4O. The number of nitrogens with zero attached hydrogens (tertiary/aromatic N) is 4. The molecule has 1 aliphatic heterocycles. The van der Waals surface area contributed by atoms with Gasteiger partial charge in [0.05, 0.1) is 16.7 Å². The van der Waals surface area contributed by atoms with Gasteiger partial charge in [-0.05, 0) is 51.3 Å². The van der Waals surface area contributed by atoms with Gasteiger partial charge in [0.15, 0.2) is 0 Å². The molecule has 128 valence electrons. The van der Waals surface area contributed by atoms with E-state index in [-0.39, 0.29) is 5.91 Å². The van der Waals surface area contributed by atoms with E-state index in [1.165, 1.54) is 0 Å². The molecular weight excluding hydrogens is 312 g/mol. The van der Waals surface area contributed by atoms with Crippen molar-refractivity contribution in [2.45, 2.75) is 13.0 Å². The first-order valence-corrected chi connectivity index (χ1v) is 8.65. The van der Waals surface area contributed by atoms with E-state index in [0.717, 1.165) is 47.6 Å². The lowest BCUT2D eigenvalue weighted by atomic mass is 10.1. The Hall–Kier alpha value is -2.66. The predicted molar refractivity (Wildman–Crippen MR) is 101 cm³/mol. The number of aromatic nitrogens is 2. The number of benzene rings is 2. The number of anilines is 1.